The summed E-state index contributed by atoms with van der Waals surface area (Å²) in [5, 5.41) is 3.61. The van der Waals surface area contributed by atoms with Crippen LogP contribution in [0.1, 0.15) is 45.1 Å². The number of ether oxygens (including phenoxy) is 1. The Balaban J connectivity index is 1.71. The highest BCUT2D eigenvalue weighted by atomic mass is 16.5. The molecule has 0 spiro atoms. The third-order valence-corrected chi connectivity index (χ3v) is 4.06. The summed E-state index contributed by atoms with van der Waals surface area (Å²) in [7, 11) is 1.71. The van der Waals surface area contributed by atoms with Crippen molar-refractivity contribution in [2.75, 3.05) is 13.7 Å². The number of nitrogens with one attached hydrogen (secondary N) is 1. The van der Waals surface area contributed by atoms with E-state index in [1.807, 2.05) is 0 Å². The SMILES string of the molecule is COc1ccc(CCC(C)(C)CCNC2CC2)cc1. The summed E-state index contributed by atoms with van der Waals surface area (Å²) in [6.07, 6.45) is 6.42. The molecule has 1 N–H and O–H groups in total. The number of benzene rings is 1. The first kappa shape index (κ1) is 14.4. The molecular formula is C17H27NO. The molecule has 0 amide bonds. The molecule has 1 fully saturated rings. The molecule has 1 aromatic rings. The summed E-state index contributed by atoms with van der Waals surface area (Å²) in [6.45, 7) is 5.93. The smallest absolute Gasteiger partial charge is 0.118 e. The van der Waals surface area contributed by atoms with Crippen LogP contribution < -0.4 is 10.1 Å². The van der Waals surface area contributed by atoms with Crippen LogP contribution in [0.3, 0.4) is 0 Å². The standard InChI is InChI=1S/C17H27NO/c1-17(2,12-13-18-15-6-7-15)11-10-14-4-8-16(19-3)9-5-14/h4-5,8-9,15,18H,6-7,10-13H2,1-3H3. The lowest BCUT2D eigenvalue weighted by molar-refractivity contribution is 0.302. The maximum atomic E-state index is 5.19. The topological polar surface area (TPSA) is 21.3 Å². The summed E-state index contributed by atoms with van der Waals surface area (Å²) in [4.78, 5) is 0. The van der Waals surface area contributed by atoms with E-state index in [1.54, 1.807) is 7.11 Å². The van der Waals surface area contributed by atoms with Gasteiger partial charge in [0.2, 0.25) is 0 Å². The molecule has 0 heterocycles. The quantitative estimate of drug-likeness (QED) is 0.768. The minimum atomic E-state index is 0.418. The van der Waals surface area contributed by atoms with Crippen molar-refractivity contribution in [3.8, 4) is 5.75 Å². The van der Waals surface area contributed by atoms with Gasteiger partial charge < -0.3 is 10.1 Å². The minimum Gasteiger partial charge on any atom is -0.497 e. The van der Waals surface area contributed by atoms with Crippen LogP contribution in [0.4, 0.5) is 0 Å². The maximum absolute atomic E-state index is 5.19. The van der Waals surface area contributed by atoms with Crippen LogP contribution in [-0.4, -0.2) is 19.7 Å². The van der Waals surface area contributed by atoms with Crippen molar-refractivity contribution in [1.82, 2.24) is 5.32 Å². The number of aryl methyl sites for hydroxylation is 1. The second kappa shape index (κ2) is 6.42. The number of hydrogen-bond acceptors (Lipinski definition) is 2. The van der Waals surface area contributed by atoms with Crippen molar-refractivity contribution in [3.05, 3.63) is 29.8 Å². The highest BCUT2D eigenvalue weighted by molar-refractivity contribution is 5.27. The first-order chi connectivity index (χ1) is 9.09. The summed E-state index contributed by atoms with van der Waals surface area (Å²) >= 11 is 0. The highest BCUT2D eigenvalue weighted by Crippen LogP contribution is 2.28. The molecular weight excluding hydrogens is 234 g/mol. The zero-order valence-corrected chi connectivity index (χ0v) is 12.5. The zero-order chi connectivity index (χ0) is 13.7. The van der Waals surface area contributed by atoms with E-state index in [-0.39, 0.29) is 0 Å². The van der Waals surface area contributed by atoms with Crippen LogP contribution in [0.5, 0.6) is 5.75 Å². The van der Waals surface area contributed by atoms with Crippen molar-refractivity contribution >= 4 is 0 Å². The summed E-state index contributed by atoms with van der Waals surface area (Å²) in [6, 6.07) is 9.29. The van der Waals surface area contributed by atoms with Crippen LogP contribution >= 0.6 is 0 Å². The molecule has 0 bridgehead atoms. The molecule has 1 aliphatic carbocycles. The first-order valence-corrected chi connectivity index (χ1v) is 7.45. The van der Waals surface area contributed by atoms with Gasteiger partial charge in [-0.3, -0.25) is 0 Å². The van der Waals surface area contributed by atoms with E-state index < -0.39 is 0 Å². The van der Waals surface area contributed by atoms with Gasteiger partial charge >= 0.3 is 0 Å². The molecule has 0 atom stereocenters. The molecule has 1 aromatic carbocycles. The van der Waals surface area contributed by atoms with Gasteiger partial charge in [-0.2, -0.15) is 0 Å². The lowest BCUT2D eigenvalue weighted by Gasteiger charge is -2.25. The van der Waals surface area contributed by atoms with Gasteiger partial charge in [0, 0.05) is 6.04 Å². The zero-order valence-electron chi connectivity index (χ0n) is 12.5. The van der Waals surface area contributed by atoms with Crippen molar-refractivity contribution in [2.24, 2.45) is 5.41 Å². The summed E-state index contributed by atoms with van der Waals surface area (Å²) < 4.78 is 5.19. The van der Waals surface area contributed by atoms with E-state index in [2.05, 4.69) is 43.4 Å². The van der Waals surface area contributed by atoms with E-state index in [0.29, 0.717) is 5.41 Å². The number of hydrogen-bond donors (Lipinski definition) is 1. The molecule has 106 valence electrons. The monoisotopic (exact) mass is 261 g/mol. The Hall–Kier alpha value is -1.02. The fraction of sp³-hybridized carbons (Fsp3) is 0.647. The molecule has 0 radical (unpaired) electrons. The first-order valence-electron chi connectivity index (χ1n) is 7.45. The molecule has 0 unspecified atom stereocenters. The van der Waals surface area contributed by atoms with Gasteiger partial charge in [-0.1, -0.05) is 26.0 Å². The van der Waals surface area contributed by atoms with E-state index in [1.165, 1.54) is 37.8 Å². The Morgan fingerprint density at radius 1 is 1.16 bits per heavy atom. The second-order valence-corrected chi connectivity index (χ2v) is 6.49. The average molecular weight is 261 g/mol. The fourth-order valence-corrected chi connectivity index (χ4v) is 2.30. The van der Waals surface area contributed by atoms with Crippen molar-refractivity contribution < 1.29 is 4.74 Å². The van der Waals surface area contributed by atoms with Crippen LogP contribution in [0.15, 0.2) is 24.3 Å². The fourth-order valence-electron chi connectivity index (χ4n) is 2.30. The van der Waals surface area contributed by atoms with Crippen LogP contribution in [0.2, 0.25) is 0 Å². The lowest BCUT2D eigenvalue weighted by Crippen LogP contribution is -2.24. The molecule has 2 rings (SSSR count). The third-order valence-electron chi connectivity index (χ3n) is 4.06. The Morgan fingerprint density at radius 2 is 1.84 bits per heavy atom. The van der Waals surface area contributed by atoms with Crippen LogP contribution in [-0.2, 0) is 6.42 Å². The summed E-state index contributed by atoms with van der Waals surface area (Å²) in [5.74, 6) is 0.941. The lowest BCUT2D eigenvalue weighted by atomic mass is 9.83. The Kier molecular flexibility index (Phi) is 4.87. The number of methoxy groups -OCH3 is 1. The largest absolute Gasteiger partial charge is 0.497 e. The molecule has 19 heavy (non-hydrogen) atoms. The minimum absolute atomic E-state index is 0.418. The van der Waals surface area contributed by atoms with Gasteiger partial charge in [0.15, 0.2) is 0 Å². The molecule has 2 nitrogen and oxygen atoms in total. The van der Waals surface area contributed by atoms with Gasteiger partial charge in [-0.15, -0.1) is 0 Å². The molecule has 0 saturated heterocycles. The number of rotatable bonds is 8. The van der Waals surface area contributed by atoms with E-state index >= 15 is 0 Å². The molecule has 2 heteroatoms. The van der Waals surface area contributed by atoms with Gasteiger partial charge in [0.1, 0.15) is 5.75 Å². The molecule has 1 saturated carbocycles. The van der Waals surface area contributed by atoms with Gasteiger partial charge in [-0.25, -0.2) is 0 Å². The summed E-state index contributed by atoms with van der Waals surface area (Å²) in [5.41, 5.74) is 1.82. The predicted molar refractivity (Wildman–Crippen MR) is 80.7 cm³/mol. The highest BCUT2D eigenvalue weighted by Gasteiger charge is 2.22. The normalized spacial score (nSPS) is 15.5. The maximum Gasteiger partial charge on any atom is 0.118 e. The third kappa shape index (κ3) is 5.23. The van der Waals surface area contributed by atoms with Crippen molar-refractivity contribution in [2.45, 2.75) is 52.0 Å². The second-order valence-electron chi connectivity index (χ2n) is 6.49. The Morgan fingerprint density at radius 3 is 2.42 bits per heavy atom. The van der Waals surface area contributed by atoms with E-state index in [9.17, 15) is 0 Å². The molecule has 0 aliphatic heterocycles. The van der Waals surface area contributed by atoms with Gasteiger partial charge in [0.05, 0.1) is 7.11 Å². The van der Waals surface area contributed by atoms with Crippen molar-refractivity contribution in [3.63, 3.8) is 0 Å². The van der Waals surface area contributed by atoms with E-state index in [4.69, 9.17) is 4.74 Å². The Labute approximate surface area is 117 Å². The average Bonchev–Trinajstić information content (AvgIpc) is 3.21. The van der Waals surface area contributed by atoms with Crippen LogP contribution in [0, 0.1) is 5.41 Å². The van der Waals surface area contributed by atoms with Gasteiger partial charge in [0.25, 0.3) is 0 Å². The Bertz CT molecular complexity index is 379. The van der Waals surface area contributed by atoms with Crippen LogP contribution in [0.25, 0.3) is 0 Å². The predicted octanol–water partition coefficient (Wildman–Crippen LogP) is 3.80. The van der Waals surface area contributed by atoms with Gasteiger partial charge in [-0.05, 0) is 61.8 Å². The molecule has 0 aromatic heterocycles. The van der Waals surface area contributed by atoms with Crippen molar-refractivity contribution in [1.29, 1.82) is 0 Å². The van der Waals surface area contributed by atoms with E-state index in [0.717, 1.165) is 18.2 Å². The molecule has 1 aliphatic rings.